The van der Waals surface area contributed by atoms with E-state index in [1.807, 2.05) is 4.90 Å². The number of hydrogen-bond acceptors (Lipinski definition) is 4. The summed E-state index contributed by atoms with van der Waals surface area (Å²) in [5, 5.41) is 21.8. The highest BCUT2D eigenvalue weighted by Gasteiger charge is 2.31. The molecule has 0 radical (unpaired) electrons. The maximum atomic E-state index is 11.8. The molecule has 0 bridgehead atoms. The number of likely N-dealkylation sites (tertiary alicyclic amines) is 1. The summed E-state index contributed by atoms with van der Waals surface area (Å²) in [4.78, 5) is 39.1. The third kappa shape index (κ3) is 3.85. The second kappa shape index (κ2) is 7.57. The Morgan fingerprint density at radius 3 is 2.54 bits per heavy atom. The van der Waals surface area contributed by atoms with E-state index in [1.54, 1.807) is 24.4 Å². The van der Waals surface area contributed by atoms with Gasteiger partial charge in [-0.3, -0.25) is 19.3 Å². The first-order valence-electron chi connectivity index (χ1n) is 8.55. The first-order chi connectivity index (χ1) is 12.5. The molecule has 0 unspecified atom stereocenters. The number of aromatic nitrogens is 1. The van der Waals surface area contributed by atoms with E-state index < -0.39 is 18.0 Å². The molecule has 1 fully saturated rings. The van der Waals surface area contributed by atoms with E-state index in [1.165, 1.54) is 0 Å². The van der Waals surface area contributed by atoms with E-state index in [9.17, 15) is 19.5 Å². The molecule has 3 rings (SSSR count). The molecule has 4 N–H and O–H groups in total. The van der Waals surface area contributed by atoms with Gasteiger partial charge in [-0.1, -0.05) is 6.07 Å². The summed E-state index contributed by atoms with van der Waals surface area (Å²) in [6.45, 7) is 1.53. The Morgan fingerprint density at radius 2 is 1.88 bits per heavy atom. The van der Waals surface area contributed by atoms with Gasteiger partial charge in [0, 0.05) is 34.8 Å². The highest BCUT2D eigenvalue weighted by atomic mass is 16.4. The number of H-pyrrole nitrogens is 1. The van der Waals surface area contributed by atoms with E-state index in [-0.39, 0.29) is 18.7 Å². The Bertz CT molecular complexity index is 838. The van der Waals surface area contributed by atoms with Crippen LogP contribution in [0, 0.1) is 0 Å². The van der Waals surface area contributed by atoms with Crippen LogP contribution in [-0.4, -0.2) is 51.0 Å². The van der Waals surface area contributed by atoms with Crippen molar-refractivity contribution in [1.29, 1.82) is 0 Å². The Hall–Kier alpha value is -2.87. The zero-order valence-corrected chi connectivity index (χ0v) is 14.2. The molecular weight excluding hydrogens is 338 g/mol. The molecule has 2 aromatic rings. The van der Waals surface area contributed by atoms with Gasteiger partial charge in [-0.05, 0) is 38.1 Å². The van der Waals surface area contributed by atoms with Crippen LogP contribution >= 0.6 is 0 Å². The number of anilines is 1. The number of carbonyl (C=O) groups is 3. The first kappa shape index (κ1) is 17.9. The Labute approximate surface area is 149 Å². The number of carbonyl (C=O) groups excluding carboxylic acids is 1. The van der Waals surface area contributed by atoms with Gasteiger partial charge in [0.1, 0.15) is 6.04 Å². The van der Waals surface area contributed by atoms with Crippen molar-refractivity contribution in [2.24, 2.45) is 0 Å². The first-order valence-corrected chi connectivity index (χ1v) is 8.55. The van der Waals surface area contributed by atoms with Crippen molar-refractivity contribution in [1.82, 2.24) is 9.88 Å². The molecule has 0 saturated carbocycles. The molecule has 0 aliphatic carbocycles. The molecule has 1 aromatic heterocycles. The lowest BCUT2D eigenvalue weighted by molar-refractivity contribution is -0.143. The Morgan fingerprint density at radius 1 is 1.15 bits per heavy atom. The summed E-state index contributed by atoms with van der Waals surface area (Å²) in [6.07, 6.45) is 3.38. The molecule has 138 valence electrons. The summed E-state index contributed by atoms with van der Waals surface area (Å²) in [5.74, 6) is -2.27. The van der Waals surface area contributed by atoms with Crippen LogP contribution in [0.2, 0.25) is 0 Å². The highest BCUT2D eigenvalue weighted by Crippen LogP contribution is 2.32. The third-order valence-electron chi connectivity index (χ3n) is 4.60. The summed E-state index contributed by atoms with van der Waals surface area (Å²) in [7, 11) is 0. The minimum atomic E-state index is -1.02. The molecule has 1 saturated heterocycles. The second-order valence-electron chi connectivity index (χ2n) is 6.43. The van der Waals surface area contributed by atoms with Crippen LogP contribution in [0.4, 0.5) is 5.69 Å². The van der Waals surface area contributed by atoms with E-state index in [0.717, 1.165) is 36.8 Å². The lowest BCUT2D eigenvalue weighted by Crippen LogP contribution is -2.31. The number of hydrogen-bond donors (Lipinski definition) is 4. The topological polar surface area (TPSA) is 123 Å². The highest BCUT2D eigenvalue weighted by molar-refractivity contribution is 5.96. The van der Waals surface area contributed by atoms with Crippen LogP contribution in [0.15, 0.2) is 24.4 Å². The minimum absolute atomic E-state index is 0.0978. The van der Waals surface area contributed by atoms with Crippen LogP contribution in [0.1, 0.15) is 37.3 Å². The van der Waals surface area contributed by atoms with E-state index >= 15 is 0 Å². The zero-order valence-electron chi connectivity index (χ0n) is 14.2. The van der Waals surface area contributed by atoms with E-state index in [4.69, 9.17) is 5.11 Å². The monoisotopic (exact) mass is 359 g/mol. The van der Waals surface area contributed by atoms with Crippen LogP contribution < -0.4 is 5.32 Å². The number of fused-ring (bicyclic) bond motifs is 1. The summed E-state index contributed by atoms with van der Waals surface area (Å²) in [6, 6.07) is 4.50. The number of carboxylic acids is 2. The third-order valence-corrected chi connectivity index (χ3v) is 4.60. The van der Waals surface area contributed by atoms with Crippen molar-refractivity contribution in [2.45, 2.75) is 31.7 Å². The standard InChI is InChI=1S/C18H21N3O5/c22-15(5-6-16(23)24)20-11-3-4-12-13(10-19-14(12)9-11)17(18(25)26)21-7-1-2-8-21/h3-4,9-10,17,19H,1-2,5-8H2,(H,20,22)(H,23,24)(H,25,26)/t17-/m1/s1. The van der Waals surface area contributed by atoms with Gasteiger partial charge in [-0.2, -0.15) is 0 Å². The number of nitrogens with zero attached hydrogens (tertiary/aromatic N) is 1. The van der Waals surface area contributed by atoms with Crippen LogP contribution in [-0.2, 0) is 14.4 Å². The van der Waals surface area contributed by atoms with Gasteiger partial charge in [0.05, 0.1) is 6.42 Å². The molecule has 26 heavy (non-hydrogen) atoms. The molecule has 2 heterocycles. The minimum Gasteiger partial charge on any atom is -0.481 e. The van der Waals surface area contributed by atoms with Crippen LogP contribution in [0.5, 0.6) is 0 Å². The zero-order chi connectivity index (χ0) is 18.7. The maximum absolute atomic E-state index is 11.8. The van der Waals surface area contributed by atoms with Crippen molar-refractivity contribution in [2.75, 3.05) is 18.4 Å². The normalized spacial score (nSPS) is 15.8. The van der Waals surface area contributed by atoms with Crippen molar-refractivity contribution in [3.63, 3.8) is 0 Å². The number of amides is 1. The average molecular weight is 359 g/mol. The van der Waals surface area contributed by atoms with Gasteiger partial charge in [-0.15, -0.1) is 0 Å². The molecular formula is C18H21N3O5. The fraction of sp³-hybridized carbons (Fsp3) is 0.389. The van der Waals surface area contributed by atoms with Crippen molar-refractivity contribution < 1.29 is 24.6 Å². The molecule has 8 nitrogen and oxygen atoms in total. The van der Waals surface area contributed by atoms with E-state index in [0.29, 0.717) is 11.3 Å². The molecule has 1 aromatic carbocycles. The molecule has 1 aliphatic rings. The quantitative estimate of drug-likeness (QED) is 0.601. The SMILES string of the molecule is O=C(O)CCC(=O)Nc1ccc2c([C@H](C(=O)O)N3CCCC3)c[nH]c2c1. The maximum Gasteiger partial charge on any atom is 0.325 e. The number of benzene rings is 1. The summed E-state index contributed by atoms with van der Waals surface area (Å²) < 4.78 is 0. The second-order valence-corrected chi connectivity index (χ2v) is 6.43. The molecule has 1 amide bonds. The van der Waals surface area contributed by atoms with Gasteiger partial charge < -0.3 is 20.5 Å². The van der Waals surface area contributed by atoms with Crippen LogP contribution in [0.25, 0.3) is 10.9 Å². The number of rotatable bonds is 7. The van der Waals surface area contributed by atoms with Crippen molar-refractivity contribution >= 4 is 34.4 Å². The Kier molecular flexibility index (Phi) is 5.22. The number of aliphatic carboxylic acids is 2. The number of carboxylic acid groups (broad SMARTS) is 2. The molecule has 1 atom stereocenters. The van der Waals surface area contributed by atoms with E-state index in [2.05, 4.69) is 10.3 Å². The molecule has 8 heteroatoms. The Balaban J connectivity index is 1.81. The smallest absolute Gasteiger partial charge is 0.325 e. The fourth-order valence-corrected chi connectivity index (χ4v) is 3.38. The molecule has 0 spiro atoms. The van der Waals surface area contributed by atoms with Crippen LogP contribution in [0.3, 0.4) is 0 Å². The van der Waals surface area contributed by atoms with Gasteiger partial charge in [0.25, 0.3) is 0 Å². The lowest BCUT2D eigenvalue weighted by atomic mass is 10.0. The largest absolute Gasteiger partial charge is 0.481 e. The fourth-order valence-electron chi connectivity index (χ4n) is 3.38. The number of nitrogens with one attached hydrogen (secondary N) is 2. The number of aromatic amines is 1. The van der Waals surface area contributed by atoms with Crippen molar-refractivity contribution in [3.05, 3.63) is 30.0 Å². The summed E-state index contributed by atoms with van der Waals surface area (Å²) in [5.41, 5.74) is 1.97. The van der Waals surface area contributed by atoms with Crippen molar-refractivity contribution in [3.8, 4) is 0 Å². The summed E-state index contributed by atoms with van der Waals surface area (Å²) >= 11 is 0. The predicted molar refractivity (Wildman–Crippen MR) is 95.0 cm³/mol. The van der Waals surface area contributed by atoms with Gasteiger partial charge >= 0.3 is 11.9 Å². The van der Waals surface area contributed by atoms with Gasteiger partial charge in [0.2, 0.25) is 5.91 Å². The lowest BCUT2D eigenvalue weighted by Gasteiger charge is -2.23. The average Bonchev–Trinajstić information content (AvgIpc) is 3.23. The predicted octanol–water partition coefficient (Wildman–Crippen LogP) is 2.19. The molecule has 1 aliphatic heterocycles. The van der Waals surface area contributed by atoms with Gasteiger partial charge in [-0.25, -0.2) is 0 Å². The van der Waals surface area contributed by atoms with Gasteiger partial charge in [0.15, 0.2) is 0 Å².